The molecule has 0 heterocycles. The van der Waals surface area contributed by atoms with Crippen molar-refractivity contribution in [1.29, 1.82) is 5.26 Å². The number of halogens is 1. The van der Waals surface area contributed by atoms with Crippen LogP contribution in [0.15, 0.2) is 28.7 Å². The highest BCUT2D eigenvalue weighted by Gasteiger charge is 2.13. The minimum absolute atomic E-state index is 0.136. The number of rotatable bonds is 3. The van der Waals surface area contributed by atoms with Crippen LogP contribution in [0.3, 0.4) is 0 Å². The average molecular weight is 267 g/mol. The van der Waals surface area contributed by atoms with Gasteiger partial charge in [0.05, 0.1) is 11.8 Å². The van der Waals surface area contributed by atoms with Gasteiger partial charge in [-0.05, 0) is 28.1 Å². The van der Waals surface area contributed by atoms with Gasteiger partial charge in [0.1, 0.15) is 0 Å². The lowest BCUT2D eigenvalue weighted by atomic mass is 10.1. The first-order valence-electron chi connectivity index (χ1n) is 4.57. The molecule has 1 N–H and O–H groups in total. The quantitative estimate of drug-likeness (QED) is 0.915. The van der Waals surface area contributed by atoms with E-state index in [4.69, 9.17) is 5.26 Å². The molecule has 0 aliphatic carbocycles. The number of hydrogen-bond acceptors (Lipinski definition) is 2. The van der Waals surface area contributed by atoms with E-state index in [0.717, 1.165) is 10.2 Å². The number of para-hydroxylation sites is 1. The number of nitrogens with zero attached hydrogens (tertiary/aromatic N) is 1. The number of hydrogen-bond donors (Lipinski definition) is 1. The summed E-state index contributed by atoms with van der Waals surface area (Å²) in [6.45, 7) is 1.73. The third-order valence-corrected chi connectivity index (χ3v) is 2.67. The molecule has 0 aliphatic rings. The molecule has 0 bridgehead atoms. The Balaban J connectivity index is 2.67. The molecular weight excluding hydrogens is 256 g/mol. The van der Waals surface area contributed by atoms with E-state index in [9.17, 15) is 4.79 Å². The molecule has 0 saturated carbocycles. The Labute approximate surface area is 97.2 Å². The van der Waals surface area contributed by atoms with Crippen LogP contribution in [-0.4, -0.2) is 5.91 Å². The van der Waals surface area contributed by atoms with Gasteiger partial charge in [0, 0.05) is 16.8 Å². The van der Waals surface area contributed by atoms with Crippen molar-refractivity contribution in [1.82, 2.24) is 0 Å². The summed E-state index contributed by atoms with van der Waals surface area (Å²) < 4.78 is 0.836. The second-order valence-electron chi connectivity index (χ2n) is 3.23. The van der Waals surface area contributed by atoms with Gasteiger partial charge in [-0.3, -0.25) is 4.79 Å². The van der Waals surface area contributed by atoms with Crippen molar-refractivity contribution >= 4 is 27.5 Å². The van der Waals surface area contributed by atoms with Gasteiger partial charge in [-0.1, -0.05) is 19.1 Å². The second-order valence-corrected chi connectivity index (χ2v) is 4.09. The molecule has 0 radical (unpaired) electrons. The first kappa shape index (κ1) is 11.7. The highest BCUT2D eigenvalue weighted by molar-refractivity contribution is 9.10. The lowest BCUT2D eigenvalue weighted by Crippen LogP contribution is -2.20. The van der Waals surface area contributed by atoms with Gasteiger partial charge < -0.3 is 5.32 Å². The number of anilines is 1. The van der Waals surface area contributed by atoms with Crippen molar-refractivity contribution < 1.29 is 4.79 Å². The van der Waals surface area contributed by atoms with Crippen LogP contribution in [0.4, 0.5) is 5.69 Å². The third kappa shape index (κ3) is 3.37. The largest absolute Gasteiger partial charge is 0.325 e. The highest BCUT2D eigenvalue weighted by atomic mass is 79.9. The molecule has 1 aromatic rings. The van der Waals surface area contributed by atoms with Crippen molar-refractivity contribution in [3.05, 3.63) is 28.7 Å². The smallest absolute Gasteiger partial charge is 0.228 e. The van der Waals surface area contributed by atoms with Gasteiger partial charge in [-0.15, -0.1) is 0 Å². The molecule has 1 unspecified atom stereocenters. The van der Waals surface area contributed by atoms with Crippen molar-refractivity contribution in [3.8, 4) is 6.07 Å². The van der Waals surface area contributed by atoms with Gasteiger partial charge in [-0.25, -0.2) is 0 Å². The normalized spacial score (nSPS) is 11.5. The van der Waals surface area contributed by atoms with E-state index in [-0.39, 0.29) is 18.2 Å². The number of amides is 1. The van der Waals surface area contributed by atoms with Crippen molar-refractivity contribution in [2.45, 2.75) is 13.3 Å². The highest BCUT2D eigenvalue weighted by Crippen LogP contribution is 2.21. The minimum atomic E-state index is -0.290. The zero-order chi connectivity index (χ0) is 11.3. The first-order chi connectivity index (χ1) is 7.15. The molecule has 0 spiro atoms. The van der Waals surface area contributed by atoms with Crippen molar-refractivity contribution in [2.24, 2.45) is 5.92 Å². The molecule has 1 atom stereocenters. The maximum Gasteiger partial charge on any atom is 0.228 e. The zero-order valence-corrected chi connectivity index (χ0v) is 9.91. The van der Waals surface area contributed by atoms with E-state index in [1.807, 2.05) is 24.3 Å². The standard InChI is InChI=1S/C11H11BrN2O/c1-8(6-7-13)11(15)14-10-5-3-2-4-9(10)12/h2-5,8H,6H2,1H3,(H,14,15). The molecule has 1 rings (SSSR count). The van der Waals surface area contributed by atoms with Crippen LogP contribution in [0.2, 0.25) is 0 Å². The predicted molar refractivity (Wildman–Crippen MR) is 62.2 cm³/mol. The molecule has 3 nitrogen and oxygen atoms in total. The molecule has 4 heteroatoms. The Morgan fingerprint density at radius 3 is 2.87 bits per heavy atom. The van der Waals surface area contributed by atoms with Crippen molar-refractivity contribution in [3.63, 3.8) is 0 Å². The Kier molecular flexibility index (Phi) is 4.32. The van der Waals surface area contributed by atoms with Gasteiger partial charge in [0.2, 0.25) is 5.91 Å². The van der Waals surface area contributed by atoms with Crippen LogP contribution < -0.4 is 5.32 Å². The lowest BCUT2D eigenvalue weighted by molar-refractivity contribution is -0.119. The van der Waals surface area contributed by atoms with Gasteiger partial charge in [0.15, 0.2) is 0 Å². The summed E-state index contributed by atoms with van der Waals surface area (Å²) >= 11 is 3.33. The van der Waals surface area contributed by atoms with E-state index in [0.29, 0.717) is 0 Å². The summed E-state index contributed by atoms with van der Waals surface area (Å²) in [6, 6.07) is 9.35. The van der Waals surface area contributed by atoms with Gasteiger partial charge in [0.25, 0.3) is 0 Å². The summed E-state index contributed by atoms with van der Waals surface area (Å²) in [5.74, 6) is -0.425. The molecule has 78 valence electrons. The molecule has 15 heavy (non-hydrogen) atoms. The lowest BCUT2D eigenvalue weighted by Gasteiger charge is -2.10. The Morgan fingerprint density at radius 2 is 2.27 bits per heavy atom. The van der Waals surface area contributed by atoms with Gasteiger partial charge in [-0.2, -0.15) is 5.26 Å². The number of benzene rings is 1. The third-order valence-electron chi connectivity index (χ3n) is 1.98. The van der Waals surface area contributed by atoms with Crippen LogP contribution in [-0.2, 0) is 4.79 Å². The van der Waals surface area contributed by atoms with Crippen LogP contribution in [0.5, 0.6) is 0 Å². The van der Waals surface area contributed by atoms with E-state index in [1.54, 1.807) is 13.0 Å². The Morgan fingerprint density at radius 1 is 1.60 bits per heavy atom. The number of nitrogens with one attached hydrogen (secondary N) is 1. The molecule has 0 fully saturated rings. The van der Waals surface area contributed by atoms with Crippen molar-refractivity contribution in [2.75, 3.05) is 5.32 Å². The SMILES string of the molecule is CC(CC#N)C(=O)Nc1ccccc1Br. The zero-order valence-electron chi connectivity index (χ0n) is 8.33. The molecule has 1 amide bonds. The minimum Gasteiger partial charge on any atom is -0.325 e. The summed E-state index contributed by atoms with van der Waals surface area (Å²) in [4.78, 5) is 11.6. The first-order valence-corrected chi connectivity index (χ1v) is 5.36. The summed E-state index contributed by atoms with van der Waals surface area (Å²) in [5.41, 5.74) is 0.729. The maximum atomic E-state index is 11.6. The predicted octanol–water partition coefficient (Wildman–Crippen LogP) is 2.94. The summed E-state index contributed by atoms with van der Waals surface area (Å²) in [7, 11) is 0. The fourth-order valence-corrected chi connectivity index (χ4v) is 1.43. The summed E-state index contributed by atoms with van der Waals surface area (Å²) in [5, 5.41) is 11.2. The fraction of sp³-hybridized carbons (Fsp3) is 0.273. The van der Waals surface area contributed by atoms with E-state index in [1.165, 1.54) is 0 Å². The monoisotopic (exact) mass is 266 g/mol. The Bertz CT molecular complexity index is 398. The molecule has 0 aromatic heterocycles. The number of carbonyl (C=O) groups excluding carboxylic acids is 1. The summed E-state index contributed by atoms with van der Waals surface area (Å²) in [6.07, 6.45) is 0.232. The van der Waals surface area contributed by atoms with E-state index < -0.39 is 0 Å². The van der Waals surface area contributed by atoms with E-state index in [2.05, 4.69) is 21.2 Å². The average Bonchev–Trinajstić information content (AvgIpc) is 2.21. The molecule has 1 aromatic carbocycles. The Hall–Kier alpha value is -1.34. The topological polar surface area (TPSA) is 52.9 Å². The van der Waals surface area contributed by atoms with E-state index >= 15 is 0 Å². The molecule has 0 aliphatic heterocycles. The van der Waals surface area contributed by atoms with Crippen LogP contribution >= 0.6 is 15.9 Å². The second kappa shape index (κ2) is 5.52. The maximum absolute atomic E-state index is 11.6. The van der Waals surface area contributed by atoms with Crippen LogP contribution in [0.1, 0.15) is 13.3 Å². The number of carbonyl (C=O) groups is 1. The fourth-order valence-electron chi connectivity index (χ4n) is 1.05. The molecule has 0 saturated heterocycles. The van der Waals surface area contributed by atoms with Crippen LogP contribution in [0, 0.1) is 17.2 Å². The van der Waals surface area contributed by atoms with Crippen LogP contribution in [0.25, 0.3) is 0 Å². The molecular formula is C11H11BrN2O. The van der Waals surface area contributed by atoms with Gasteiger partial charge >= 0.3 is 0 Å². The number of nitriles is 1.